The summed E-state index contributed by atoms with van der Waals surface area (Å²) in [5.74, 6) is 1.15. The number of carbonyl (C=O) groups is 1. The molecule has 1 aromatic carbocycles. The zero-order valence-corrected chi connectivity index (χ0v) is 17.3. The molecule has 9 heteroatoms. The molecule has 0 aliphatic carbocycles. The van der Waals surface area contributed by atoms with Crippen LogP contribution in [0, 0.1) is 5.82 Å². The fraction of sp³-hybridized carbons (Fsp3) is 0.550. The van der Waals surface area contributed by atoms with Crippen LogP contribution in [-0.2, 0) is 11.2 Å². The molecule has 158 valence electrons. The van der Waals surface area contributed by atoms with E-state index in [1.807, 2.05) is 4.90 Å². The molecule has 2 atom stereocenters. The van der Waals surface area contributed by atoms with Crippen molar-refractivity contribution in [2.75, 3.05) is 39.8 Å². The topological polar surface area (TPSA) is 74.5 Å². The maximum Gasteiger partial charge on any atom is 0.231 e. The lowest BCUT2D eigenvalue weighted by Crippen LogP contribution is -2.44. The van der Waals surface area contributed by atoms with E-state index in [0.717, 1.165) is 44.6 Å². The highest BCUT2D eigenvalue weighted by Gasteiger charge is 2.31. The zero-order chi connectivity index (χ0) is 19.5. The molecule has 3 heterocycles. The average molecular weight is 424 g/mol. The van der Waals surface area contributed by atoms with Crippen LogP contribution in [0.25, 0.3) is 0 Å². The van der Waals surface area contributed by atoms with E-state index >= 15 is 0 Å². The SMILES string of the molecule is CN1CCNCC1c1noc(C2CCCN(C(=O)Cc3ccc(F)cc3)C2)n1.Cl. The standard InChI is InChI=1S/C20H26FN5O2.ClH/c1-25-10-8-22-12-17(25)19-23-20(28-24-19)15-3-2-9-26(13-15)18(27)11-14-4-6-16(21)7-5-14;/h4-7,15,17,22H,2-3,8-13H2,1H3;1H. The van der Waals surface area contributed by atoms with Crippen LogP contribution in [-0.4, -0.2) is 65.6 Å². The van der Waals surface area contributed by atoms with Crippen molar-refractivity contribution in [3.63, 3.8) is 0 Å². The van der Waals surface area contributed by atoms with Crippen LogP contribution < -0.4 is 5.32 Å². The summed E-state index contributed by atoms with van der Waals surface area (Å²) in [7, 11) is 2.07. The van der Waals surface area contributed by atoms with Crippen molar-refractivity contribution >= 4 is 18.3 Å². The fourth-order valence-electron chi connectivity index (χ4n) is 3.94. The highest BCUT2D eigenvalue weighted by atomic mass is 35.5. The van der Waals surface area contributed by atoms with Crippen LogP contribution in [0.1, 0.15) is 42.1 Å². The van der Waals surface area contributed by atoms with Gasteiger partial charge in [-0.3, -0.25) is 9.69 Å². The molecule has 0 bridgehead atoms. The van der Waals surface area contributed by atoms with E-state index in [-0.39, 0.29) is 42.5 Å². The third-order valence-corrected chi connectivity index (χ3v) is 5.66. The number of piperazine rings is 1. The molecule has 2 unspecified atom stereocenters. The smallest absolute Gasteiger partial charge is 0.231 e. The molecule has 0 radical (unpaired) electrons. The average Bonchev–Trinajstić information content (AvgIpc) is 3.20. The second-order valence-corrected chi connectivity index (χ2v) is 7.67. The first-order valence-corrected chi connectivity index (χ1v) is 9.87. The Morgan fingerprint density at radius 3 is 2.86 bits per heavy atom. The van der Waals surface area contributed by atoms with Gasteiger partial charge in [-0.25, -0.2) is 4.39 Å². The summed E-state index contributed by atoms with van der Waals surface area (Å²) in [6.07, 6.45) is 2.11. The summed E-state index contributed by atoms with van der Waals surface area (Å²) in [6, 6.07) is 6.21. The third-order valence-electron chi connectivity index (χ3n) is 5.66. The summed E-state index contributed by atoms with van der Waals surface area (Å²) in [6.45, 7) is 4.03. The van der Waals surface area contributed by atoms with Crippen molar-refractivity contribution in [3.8, 4) is 0 Å². The van der Waals surface area contributed by atoms with Crippen LogP contribution in [0.15, 0.2) is 28.8 Å². The van der Waals surface area contributed by atoms with E-state index in [2.05, 4.69) is 27.4 Å². The van der Waals surface area contributed by atoms with Crippen LogP contribution in [0.5, 0.6) is 0 Å². The highest BCUT2D eigenvalue weighted by Crippen LogP contribution is 2.28. The number of benzene rings is 1. The lowest BCUT2D eigenvalue weighted by molar-refractivity contribution is -0.131. The van der Waals surface area contributed by atoms with Crippen LogP contribution >= 0.6 is 12.4 Å². The van der Waals surface area contributed by atoms with Gasteiger partial charge in [0.2, 0.25) is 11.8 Å². The highest BCUT2D eigenvalue weighted by molar-refractivity contribution is 5.85. The zero-order valence-electron chi connectivity index (χ0n) is 16.5. The maximum atomic E-state index is 13.1. The molecule has 29 heavy (non-hydrogen) atoms. The Kier molecular flexibility index (Phi) is 7.21. The number of aromatic nitrogens is 2. The lowest BCUT2D eigenvalue weighted by Gasteiger charge is -2.31. The molecule has 2 saturated heterocycles. The summed E-state index contributed by atoms with van der Waals surface area (Å²) in [4.78, 5) is 21.4. The molecule has 0 saturated carbocycles. The minimum atomic E-state index is -0.291. The summed E-state index contributed by atoms with van der Waals surface area (Å²) in [5.41, 5.74) is 0.821. The molecule has 2 fully saturated rings. The Morgan fingerprint density at radius 1 is 1.31 bits per heavy atom. The summed E-state index contributed by atoms with van der Waals surface area (Å²) >= 11 is 0. The van der Waals surface area contributed by atoms with Gasteiger partial charge in [0.15, 0.2) is 5.82 Å². The molecule has 2 aliphatic rings. The van der Waals surface area contributed by atoms with Crippen LogP contribution in [0.3, 0.4) is 0 Å². The largest absolute Gasteiger partial charge is 0.342 e. The number of nitrogens with one attached hydrogen (secondary N) is 1. The van der Waals surface area contributed by atoms with Gasteiger partial charge >= 0.3 is 0 Å². The predicted molar refractivity (Wildman–Crippen MR) is 108 cm³/mol. The molecule has 2 aliphatic heterocycles. The molecule has 1 amide bonds. The molecule has 0 spiro atoms. The minimum absolute atomic E-state index is 0. The van der Waals surface area contributed by atoms with Gasteiger partial charge in [0.05, 0.1) is 18.4 Å². The molecule has 4 rings (SSSR count). The number of halogens is 2. The van der Waals surface area contributed by atoms with Crippen molar-refractivity contribution in [2.45, 2.75) is 31.2 Å². The Balaban J connectivity index is 0.00000240. The van der Waals surface area contributed by atoms with Gasteiger partial charge in [0.1, 0.15) is 5.82 Å². The molecule has 1 N–H and O–H groups in total. The van der Waals surface area contributed by atoms with Gasteiger partial charge in [-0.2, -0.15) is 4.98 Å². The van der Waals surface area contributed by atoms with Gasteiger partial charge in [0.25, 0.3) is 0 Å². The first-order valence-electron chi connectivity index (χ1n) is 9.87. The molecule has 2 aromatic rings. The van der Waals surface area contributed by atoms with Gasteiger partial charge < -0.3 is 14.7 Å². The Labute approximate surface area is 176 Å². The molecular weight excluding hydrogens is 397 g/mol. The van der Waals surface area contributed by atoms with E-state index in [0.29, 0.717) is 18.3 Å². The number of likely N-dealkylation sites (tertiary alicyclic amines) is 1. The minimum Gasteiger partial charge on any atom is -0.342 e. The number of rotatable bonds is 4. The van der Waals surface area contributed by atoms with Crippen molar-refractivity contribution < 1.29 is 13.7 Å². The number of hydrogen-bond acceptors (Lipinski definition) is 6. The number of piperidine rings is 1. The Hall–Kier alpha value is -2.03. The summed E-state index contributed by atoms with van der Waals surface area (Å²) in [5, 5.41) is 7.57. The van der Waals surface area contributed by atoms with Gasteiger partial charge in [-0.15, -0.1) is 12.4 Å². The van der Waals surface area contributed by atoms with Crippen molar-refractivity contribution in [2.24, 2.45) is 0 Å². The van der Waals surface area contributed by atoms with E-state index in [1.54, 1.807) is 12.1 Å². The van der Waals surface area contributed by atoms with E-state index in [9.17, 15) is 9.18 Å². The fourth-order valence-corrected chi connectivity index (χ4v) is 3.94. The maximum absolute atomic E-state index is 13.1. The van der Waals surface area contributed by atoms with Crippen molar-refractivity contribution in [1.29, 1.82) is 0 Å². The van der Waals surface area contributed by atoms with Gasteiger partial charge in [-0.1, -0.05) is 17.3 Å². The first-order chi connectivity index (χ1) is 13.6. The lowest BCUT2D eigenvalue weighted by atomic mass is 9.97. The number of likely N-dealkylation sites (N-methyl/N-ethyl adjacent to an activating group) is 1. The van der Waals surface area contributed by atoms with Gasteiger partial charge in [0, 0.05) is 32.7 Å². The second-order valence-electron chi connectivity index (χ2n) is 7.67. The first kappa shape index (κ1) is 21.7. The Bertz CT molecular complexity index is 815. The predicted octanol–water partition coefficient (Wildman–Crippen LogP) is 2.16. The quantitative estimate of drug-likeness (QED) is 0.812. The third kappa shape index (κ3) is 5.12. The summed E-state index contributed by atoms with van der Waals surface area (Å²) < 4.78 is 18.6. The number of amides is 1. The van der Waals surface area contributed by atoms with E-state index < -0.39 is 0 Å². The molecule has 1 aromatic heterocycles. The van der Waals surface area contributed by atoms with E-state index in [4.69, 9.17) is 4.52 Å². The number of carbonyl (C=O) groups excluding carboxylic acids is 1. The number of nitrogens with zero attached hydrogens (tertiary/aromatic N) is 4. The monoisotopic (exact) mass is 423 g/mol. The normalized spacial score (nSPS) is 22.9. The number of hydrogen-bond donors (Lipinski definition) is 1. The molecule has 7 nitrogen and oxygen atoms in total. The molecular formula is C20H27ClFN5O2. The van der Waals surface area contributed by atoms with Gasteiger partial charge in [-0.05, 0) is 37.6 Å². The van der Waals surface area contributed by atoms with Crippen molar-refractivity contribution in [1.82, 2.24) is 25.3 Å². The second kappa shape index (κ2) is 9.65. The van der Waals surface area contributed by atoms with E-state index in [1.165, 1.54) is 12.1 Å². The Morgan fingerprint density at radius 2 is 2.10 bits per heavy atom. The van der Waals surface area contributed by atoms with Crippen LogP contribution in [0.2, 0.25) is 0 Å². The van der Waals surface area contributed by atoms with Crippen LogP contribution in [0.4, 0.5) is 4.39 Å². The van der Waals surface area contributed by atoms with Crippen molar-refractivity contribution in [3.05, 3.63) is 47.4 Å².